The summed E-state index contributed by atoms with van der Waals surface area (Å²) >= 11 is 1.46. The lowest BCUT2D eigenvalue weighted by Gasteiger charge is -2.27. The molecule has 1 aromatic rings. The smallest absolute Gasteiger partial charge is 0.265 e. The number of carbonyl (C=O) groups is 1. The number of rotatable bonds is 3. The predicted octanol–water partition coefficient (Wildman–Crippen LogP) is 1.67. The van der Waals surface area contributed by atoms with Crippen molar-refractivity contribution in [1.29, 1.82) is 0 Å². The number of hydrogen-bond acceptors (Lipinski definition) is 4. The van der Waals surface area contributed by atoms with Crippen LogP contribution in [0.15, 0.2) is 6.20 Å². The van der Waals surface area contributed by atoms with Crippen molar-refractivity contribution in [2.24, 2.45) is 0 Å². The van der Waals surface area contributed by atoms with E-state index in [0.717, 1.165) is 23.0 Å². The first-order valence-electron chi connectivity index (χ1n) is 6.08. The number of amides is 1. The van der Waals surface area contributed by atoms with E-state index in [4.69, 9.17) is 0 Å². The molecular formula is C12H19N3OS. The first kappa shape index (κ1) is 12.5. The van der Waals surface area contributed by atoms with Crippen molar-refractivity contribution in [3.63, 3.8) is 0 Å². The highest BCUT2D eigenvalue weighted by molar-refractivity contribution is 7.13. The highest BCUT2D eigenvalue weighted by Gasteiger charge is 2.19. The topological polar surface area (TPSA) is 45.2 Å². The van der Waals surface area contributed by atoms with Crippen LogP contribution in [0, 0.1) is 6.92 Å². The third-order valence-corrected chi connectivity index (χ3v) is 3.99. The normalized spacial score (nSPS) is 20.2. The van der Waals surface area contributed by atoms with Crippen LogP contribution in [0.1, 0.15) is 33.9 Å². The largest absolute Gasteiger partial charge is 0.339 e. The van der Waals surface area contributed by atoms with Crippen LogP contribution in [0.5, 0.6) is 0 Å². The zero-order valence-electron chi connectivity index (χ0n) is 10.4. The lowest BCUT2D eigenvalue weighted by Crippen LogP contribution is -2.44. The summed E-state index contributed by atoms with van der Waals surface area (Å²) < 4.78 is 0. The van der Waals surface area contributed by atoms with Gasteiger partial charge >= 0.3 is 0 Å². The van der Waals surface area contributed by atoms with Crippen LogP contribution >= 0.6 is 11.3 Å². The van der Waals surface area contributed by atoms with Gasteiger partial charge in [0.2, 0.25) is 0 Å². The summed E-state index contributed by atoms with van der Waals surface area (Å²) in [5.41, 5.74) is 0. The van der Waals surface area contributed by atoms with Gasteiger partial charge in [-0.3, -0.25) is 4.79 Å². The minimum atomic E-state index is 0.0861. The van der Waals surface area contributed by atoms with Gasteiger partial charge in [-0.1, -0.05) is 6.42 Å². The Morgan fingerprint density at radius 2 is 2.47 bits per heavy atom. The molecule has 1 saturated heterocycles. The predicted molar refractivity (Wildman–Crippen MR) is 69.5 cm³/mol. The Bertz CT molecular complexity index is 385. The maximum Gasteiger partial charge on any atom is 0.265 e. The van der Waals surface area contributed by atoms with Gasteiger partial charge in [-0.15, -0.1) is 11.3 Å². The van der Waals surface area contributed by atoms with Gasteiger partial charge in [0.15, 0.2) is 0 Å². The Hall–Kier alpha value is -0.940. The standard InChI is InChI=1S/C12H19N3OS/c1-9-14-7-11(17-9)12(16)15(2)8-10-5-3-4-6-13-10/h7,10,13H,3-6,8H2,1-2H3. The molecule has 1 aromatic heterocycles. The van der Waals surface area contributed by atoms with E-state index in [9.17, 15) is 4.79 Å². The van der Waals surface area contributed by atoms with Crippen LogP contribution in [0.3, 0.4) is 0 Å². The lowest BCUT2D eigenvalue weighted by atomic mass is 10.0. The van der Waals surface area contributed by atoms with Crippen LogP contribution < -0.4 is 5.32 Å². The average Bonchev–Trinajstić information content (AvgIpc) is 2.76. The number of nitrogens with zero attached hydrogens (tertiary/aromatic N) is 2. The van der Waals surface area contributed by atoms with Crippen LogP contribution in [-0.4, -0.2) is 42.0 Å². The Labute approximate surface area is 106 Å². The van der Waals surface area contributed by atoms with E-state index >= 15 is 0 Å². The maximum atomic E-state index is 12.1. The molecule has 0 bridgehead atoms. The SMILES string of the molecule is Cc1ncc(C(=O)N(C)CC2CCCCN2)s1. The fourth-order valence-electron chi connectivity index (χ4n) is 2.14. The van der Waals surface area contributed by atoms with E-state index in [2.05, 4.69) is 10.3 Å². The van der Waals surface area contributed by atoms with Gasteiger partial charge in [-0.05, 0) is 26.3 Å². The second-order valence-electron chi connectivity index (χ2n) is 4.58. The van der Waals surface area contributed by atoms with E-state index in [1.165, 1.54) is 30.6 Å². The molecule has 2 heterocycles. The summed E-state index contributed by atoms with van der Waals surface area (Å²) in [4.78, 5) is 18.8. The Kier molecular flexibility index (Phi) is 4.12. The van der Waals surface area contributed by atoms with Crippen molar-refractivity contribution in [2.45, 2.75) is 32.2 Å². The Balaban J connectivity index is 1.90. The lowest BCUT2D eigenvalue weighted by molar-refractivity contribution is 0.0780. The van der Waals surface area contributed by atoms with Crippen molar-refractivity contribution in [1.82, 2.24) is 15.2 Å². The monoisotopic (exact) mass is 253 g/mol. The van der Waals surface area contributed by atoms with Crippen LogP contribution in [0.25, 0.3) is 0 Å². The van der Waals surface area contributed by atoms with Gasteiger partial charge in [0.1, 0.15) is 4.88 Å². The van der Waals surface area contributed by atoms with Gasteiger partial charge in [-0.2, -0.15) is 0 Å². The minimum Gasteiger partial charge on any atom is -0.339 e. The number of nitrogens with one attached hydrogen (secondary N) is 1. The molecule has 0 spiro atoms. The third kappa shape index (κ3) is 3.26. The van der Waals surface area contributed by atoms with Crippen molar-refractivity contribution >= 4 is 17.2 Å². The molecule has 0 aliphatic carbocycles. The number of likely N-dealkylation sites (N-methyl/N-ethyl adjacent to an activating group) is 1. The molecular weight excluding hydrogens is 234 g/mol. The van der Waals surface area contributed by atoms with Crippen molar-refractivity contribution in [3.05, 3.63) is 16.1 Å². The molecule has 0 aromatic carbocycles. The first-order chi connectivity index (χ1) is 8.16. The third-order valence-electron chi connectivity index (χ3n) is 3.09. The molecule has 5 heteroatoms. The molecule has 1 amide bonds. The molecule has 2 rings (SSSR count). The van der Waals surface area contributed by atoms with Gasteiger partial charge in [0, 0.05) is 19.6 Å². The molecule has 1 fully saturated rings. The van der Waals surface area contributed by atoms with Gasteiger partial charge in [0.05, 0.1) is 11.2 Å². The van der Waals surface area contributed by atoms with Crippen molar-refractivity contribution in [2.75, 3.05) is 20.1 Å². The minimum absolute atomic E-state index is 0.0861. The Morgan fingerprint density at radius 1 is 1.65 bits per heavy atom. The molecule has 94 valence electrons. The molecule has 0 saturated carbocycles. The van der Waals surface area contributed by atoms with E-state index in [0.29, 0.717) is 6.04 Å². The average molecular weight is 253 g/mol. The summed E-state index contributed by atoms with van der Waals surface area (Å²) in [6.45, 7) is 3.78. The summed E-state index contributed by atoms with van der Waals surface area (Å²) in [6.07, 6.45) is 5.36. The molecule has 1 aliphatic heterocycles. The van der Waals surface area contributed by atoms with E-state index in [1.54, 1.807) is 11.1 Å². The van der Waals surface area contributed by atoms with E-state index < -0.39 is 0 Å². The molecule has 4 nitrogen and oxygen atoms in total. The number of carbonyl (C=O) groups excluding carboxylic acids is 1. The van der Waals surface area contributed by atoms with Crippen molar-refractivity contribution < 1.29 is 4.79 Å². The molecule has 1 atom stereocenters. The summed E-state index contributed by atoms with van der Waals surface area (Å²) in [6, 6.07) is 0.451. The molecule has 0 radical (unpaired) electrons. The number of piperidine rings is 1. The molecule has 1 aliphatic rings. The second kappa shape index (κ2) is 5.60. The quantitative estimate of drug-likeness (QED) is 0.891. The van der Waals surface area contributed by atoms with E-state index in [1.807, 2.05) is 14.0 Å². The van der Waals surface area contributed by atoms with Gasteiger partial charge < -0.3 is 10.2 Å². The molecule has 17 heavy (non-hydrogen) atoms. The van der Waals surface area contributed by atoms with Crippen LogP contribution in [-0.2, 0) is 0 Å². The second-order valence-corrected chi connectivity index (χ2v) is 5.81. The maximum absolute atomic E-state index is 12.1. The summed E-state index contributed by atoms with van der Waals surface area (Å²) in [5.74, 6) is 0.0861. The van der Waals surface area contributed by atoms with Gasteiger partial charge in [0.25, 0.3) is 5.91 Å². The number of thiazole rings is 1. The molecule has 1 unspecified atom stereocenters. The highest BCUT2D eigenvalue weighted by Crippen LogP contribution is 2.15. The summed E-state index contributed by atoms with van der Waals surface area (Å²) in [7, 11) is 1.87. The Morgan fingerprint density at radius 3 is 3.06 bits per heavy atom. The van der Waals surface area contributed by atoms with Crippen molar-refractivity contribution in [3.8, 4) is 0 Å². The first-order valence-corrected chi connectivity index (χ1v) is 6.90. The number of aryl methyl sites for hydroxylation is 1. The zero-order chi connectivity index (χ0) is 12.3. The zero-order valence-corrected chi connectivity index (χ0v) is 11.2. The van der Waals surface area contributed by atoms with Crippen LogP contribution in [0.2, 0.25) is 0 Å². The molecule has 1 N–H and O–H groups in total. The highest BCUT2D eigenvalue weighted by atomic mass is 32.1. The van der Waals surface area contributed by atoms with E-state index in [-0.39, 0.29) is 5.91 Å². The fourth-order valence-corrected chi connectivity index (χ4v) is 2.91. The summed E-state index contributed by atoms with van der Waals surface area (Å²) in [5, 5.41) is 4.40. The fraction of sp³-hybridized carbons (Fsp3) is 0.667. The van der Waals surface area contributed by atoms with Crippen LogP contribution in [0.4, 0.5) is 0 Å². The number of aromatic nitrogens is 1. The van der Waals surface area contributed by atoms with Gasteiger partial charge in [-0.25, -0.2) is 4.98 Å². The number of hydrogen-bond donors (Lipinski definition) is 1.